The Hall–Kier alpha value is -0.620. The number of ether oxygens (including phenoxy) is 1. The molecule has 19 heavy (non-hydrogen) atoms. The standard InChI is InChI=1S/C13H25NO4S/c1-3-8-14-12(11-6-4-5-7-11)9-19(16,17)10-13(15)18-2/h11-12,14H,3-10H2,1-2H3. The summed E-state index contributed by atoms with van der Waals surface area (Å²) in [5.41, 5.74) is 0. The van der Waals surface area contributed by atoms with Gasteiger partial charge in [0.25, 0.3) is 0 Å². The molecule has 0 radical (unpaired) electrons. The molecule has 1 saturated carbocycles. The summed E-state index contributed by atoms with van der Waals surface area (Å²) in [6, 6.07) is -0.0305. The molecule has 112 valence electrons. The zero-order valence-corrected chi connectivity index (χ0v) is 12.7. The molecule has 0 heterocycles. The number of rotatable bonds is 8. The van der Waals surface area contributed by atoms with E-state index in [4.69, 9.17) is 0 Å². The highest BCUT2D eigenvalue weighted by Crippen LogP contribution is 2.28. The third kappa shape index (κ3) is 5.91. The lowest BCUT2D eigenvalue weighted by Gasteiger charge is -2.24. The maximum atomic E-state index is 12.0. The van der Waals surface area contributed by atoms with Gasteiger partial charge in [-0.25, -0.2) is 8.42 Å². The van der Waals surface area contributed by atoms with Gasteiger partial charge in [-0.3, -0.25) is 4.79 Å². The Balaban J connectivity index is 2.61. The minimum atomic E-state index is -3.40. The van der Waals surface area contributed by atoms with E-state index in [2.05, 4.69) is 17.0 Å². The Labute approximate surface area is 116 Å². The summed E-state index contributed by atoms with van der Waals surface area (Å²) in [5, 5.41) is 3.33. The van der Waals surface area contributed by atoms with Gasteiger partial charge in [0.2, 0.25) is 0 Å². The second-order valence-electron chi connectivity index (χ2n) is 5.24. The molecule has 1 atom stereocenters. The molecule has 0 aromatic rings. The highest BCUT2D eigenvalue weighted by Gasteiger charge is 2.30. The van der Waals surface area contributed by atoms with Gasteiger partial charge in [0, 0.05) is 6.04 Å². The van der Waals surface area contributed by atoms with Crippen LogP contribution in [0.1, 0.15) is 39.0 Å². The van der Waals surface area contributed by atoms with Crippen molar-refractivity contribution in [1.29, 1.82) is 0 Å². The lowest BCUT2D eigenvalue weighted by Crippen LogP contribution is -2.42. The van der Waals surface area contributed by atoms with Crippen LogP contribution in [0.5, 0.6) is 0 Å². The lowest BCUT2D eigenvalue weighted by atomic mass is 10.00. The second kappa shape index (κ2) is 7.85. The molecule has 0 saturated heterocycles. The van der Waals surface area contributed by atoms with Crippen LogP contribution in [0.4, 0.5) is 0 Å². The van der Waals surface area contributed by atoms with Gasteiger partial charge >= 0.3 is 5.97 Å². The maximum Gasteiger partial charge on any atom is 0.320 e. The number of sulfone groups is 1. The number of esters is 1. The van der Waals surface area contributed by atoms with Crippen LogP contribution in [-0.4, -0.2) is 45.6 Å². The van der Waals surface area contributed by atoms with Crippen LogP contribution in [0.15, 0.2) is 0 Å². The Morgan fingerprint density at radius 3 is 2.53 bits per heavy atom. The molecule has 6 heteroatoms. The monoisotopic (exact) mass is 291 g/mol. The van der Waals surface area contributed by atoms with Crippen molar-refractivity contribution in [2.75, 3.05) is 25.2 Å². The van der Waals surface area contributed by atoms with Gasteiger partial charge in [-0.2, -0.15) is 0 Å². The molecule has 1 fully saturated rings. The van der Waals surface area contributed by atoms with Crippen LogP contribution in [0.3, 0.4) is 0 Å². The van der Waals surface area contributed by atoms with Crippen molar-refractivity contribution in [3.05, 3.63) is 0 Å². The first-order valence-corrected chi connectivity index (χ1v) is 8.81. The van der Waals surface area contributed by atoms with Crippen molar-refractivity contribution in [2.24, 2.45) is 5.92 Å². The fourth-order valence-electron chi connectivity index (χ4n) is 2.62. The summed E-state index contributed by atoms with van der Waals surface area (Å²) < 4.78 is 28.4. The maximum absolute atomic E-state index is 12.0. The Bertz CT molecular complexity index is 374. The largest absolute Gasteiger partial charge is 0.468 e. The van der Waals surface area contributed by atoms with E-state index < -0.39 is 21.6 Å². The molecule has 1 N–H and O–H groups in total. The SMILES string of the molecule is CCCNC(CS(=O)(=O)CC(=O)OC)C1CCCC1. The zero-order chi connectivity index (χ0) is 14.3. The summed E-state index contributed by atoms with van der Waals surface area (Å²) in [5.74, 6) is -0.743. The predicted octanol–water partition coefficient (Wildman–Crippen LogP) is 1.13. The predicted molar refractivity (Wildman–Crippen MR) is 74.7 cm³/mol. The van der Waals surface area contributed by atoms with E-state index in [1.807, 2.05) is 0 Å². The molecule has 1 aliphatic rings. The topological polar surface area (TPSA) is 72.5 Å². The van der Waals surface area contributed by atoms with Crippen LogP contribution in [0.25, 0.3) is 0 Å². The molecule has 0 aromatic heterocycles. The minimum Gasteiger partial charge on any atom is -0.468 e. The van der Waals surface area contributed by atoms with Crippen molar-refractivity contribution < 1.29 is 17.9 Å². The van der Waals surface area contributed by atoms with Crippen LogP contribution < -0.4 is 5.32 Å². The first kappa shape index (κ1) is 16.4. The molecule has 1 rings (SSSR count). The van der Waals surface area contributed by atoms with Gasteiger partial charge in [0.05, 0.1) is 12.9 Å². The first-order valence-electron chi connectivity index (χ1n) is 6.99. The third-order valence-electron chi connectivity index (χ3n) is 3.62. The fraction of sp³-hybridized carbons (Fsp3) is 0.923. The molecule has 1 unspecified atom stereocenters. The van der Waals surface area contributed by atoms with Gasteiger partial charge in [-0.05, 0) is 31.7 Å². The van der Waals surface area contributed by atoms with E-state index in [1.54, 1.807) is 0 Å². The smallest absolute Gasteiger partial charge is 0.320 e. The quantitative estimate of drug-likeness (QED) is 0.679. The Kier molecular flexibility index (Phi) is 6.79. The van der Waals surface area contributed by atoms with E-state index in [-0.39, 0.29) is 11.8 Å². The number of methoxy groups -OCH3 is 1. The number of carbonyl (C=O) groups excluding carboxylic acids is 1. The van der Waals surface area contributed by atoms with Gasteiger partial charge < -0.3 is 10.1 Å². The highest BCUT2D eigenvalue weighted by molar-refractivity contribution is 7.92. The fourth-order valence-corrected chi connectivity index (χ4v) is 4.15. The van der Waals surface area contributed by atoms with Gasteiger partial charge in [-0.15, -0.1) is 0 Å². The summed E-state index contributed by atoms with van der Waals surface area (Å²) in [6.45, 7) is 2.87. The summed E-state index contributed by atoms with van der Waals surface area (Å²) in [6.07, 6.45) is 5.47. The highest BCUT2D eigenvalue weighted by atomic mass is 32.2. The normalized spacial score (nSPS) is 18.4. The summed E-state index contributed by atoms with van der Waals surface area (Å²) in [4.78, 5) is 11.1. The number of nitrogens with one attached hydrogen (secondary N) is 1. The van der Waals surface area contributed by atoms with E-state index in [0.29, 0.717) is 5.92 Å². The lowest BCUT2D eigenvalue weighted by molar-refractivity contribution is -0.137. The van der Waals surface area contributed by atoms with Crippen LogP contribution >= 0.6 is 0 Å². The molecule has 5 nitrogen and oxygen atoms in total. The van der Waals surface area contributed by atoms with Gasteiger partial charge in [-0.1, -0.05) is 19.8 Å². The zero-order valence-electron chi connectivity index (χ0n) is 11.9. The van der Waals surface area contributed by atoms with Gasteiger partial charge in [0.1, 0.15) is 5.75 Å². The number of carbonyl (C=O) groups is 1. The van der Waals surface area contributed by atoms with E-state index in [9.17, 15) is 13.2 Å². The summed E-state index contributed by atoms with van der Waals surface area (Å²) >= 11 is 0. The van der Waals surface area contributed by atoms with E-state index >= 15 is 0 Å². The van der Waals surface area contributed by atoms with Gasteiger partial charge in [0.15, 0.2) is 9.84 Å². The van der Waals surface area contributed by atoms with Crippen LogP contribution in [0, 0.1) is 5.92 Å². The molecule has 0 amide bonds. The number of hydrogen-bond acceptors (Lipinski definition) is 5. The molecule has 0 aliphatic heterocycles. The minimum absolute atomic E-state index is 0.0305. The van der Waals surface area contributed by atoms with Crippen LogP contribution in [-0.2, 0) is 19.4 Å². The van der Waals surface area contributed by atoms with Crippen molar-refractivity contribution in [1.82, 2.24) is 5.32 Å². The molecule has 1 aliphatic carbocycles. The molecular weight excluding hydrogens is 266 g/mol. The Morgan fingerprint density at radius 2 is 2.00 bits per heavy atom. The van der Waals surface area contributed by atoms with Crippen LogP contribution in [0.2, 0.25) is 0 Å². The van der Waals surface area contributed by atoms with E-state index in [1.165, 1.54) is 20.0 Å². The molecule has 0 bridgehead atoms. The average molecular weight is 291 g/mol. The van der Waals surface area contributed by atoms with Crippen molar-refractivity contribution in [2.45, 2.75) is 45.1 Å². The summed E-state index contributed by atoms with van der Waals surface area (Å²) in [7, 11) is -2.19. The molecule has 0 aromatic carbocycles. The van der Waals surface area contributed by atoms with Crippen molar-refractivity contribution in [3.8, 4) is 0 Å². The Morgan fingerprint density at radius 1 is 1.37 bits per heavy atom. The molecule has 0 spiro atoms. The average Bonchev–Trinajstić information content (AvgIpc) is 2.87. The first-order chi connectivity index (χ1) is 8.98. The second-order valence-corrected chi connectivity index (χ2v) is 7.35. The van der Waals surface area contributed by atoms with E-state index in [0.717, 1.165) is 25.8 Å². The third-order valence-corrected chi connectivity index (χ3v) is 5.17. The molecular formula is C13H25NO4S. The van der Waals surface area contributed by atoms with Crippen molar-refractivity contribution in [3.63, 3.8) is 0 Å². The number of hydrogen-bond donors (Lipinski definition) is 1. The van der Waals surface area contributed by atoms with Crippen molar-refractivity contribution >= 4 is 15.8 Å².